The van der Waals surface area contributed by atoms with E-state index < -0.39 is 22.1 Å². The van der Waals surface area contributed by atoms with E-state index in [0.29, 0.717) is 79.5 Å². The van der Waals surface area contributed by atoms with Gasteiger partial charge in [0.1, 0.15) is 22.5 Å². The first-order chi connectivity index (χ1) is 25.8. The van der Waals surface area contributed by atoms with E-state index in [4.69, 9.17) is 37.7 Å². The fourth-order valence-electron chi connectivity index (χ4n) is 6.96. The molecule has 3 heterocycles. The van der Waals surface area contributed by atoms with Crippen molar-refractivity contribution in [2.75, 3.05) is 98.7 Å². The lowest BCUT2D eigenvalue weighted by Gasteiger charge is -2.39. The number of ether oxygens (including phenoxy) is 2. The highest BCUT2D eigenvalue weighted by Gasteiger charge is 2.45. The Kier molecular flexibility index (Phi) is 14.0. The second kappa shape index (κ2) is 18.1. The highest BCUT2D eigenvalue weighted by Crippen LogP contribution is 2.46. The number of halogens is 3. The second-order valence-electron chi connectivity index (χ2n) is 13.8. The van der Waals surface area contributed by atoms with Crippen LogP contribution in [0.3, 0.4) is 0 Å². The lowest BCUT2D eigenvalue weighted by molar-refractivity contribution is -0.136. The van der Waals surface area contributed by atoms with Crippen molar-refractivity contribution in [1.29, 1.82) is 0 Å². The smallest absolute Gasteiger partial charge is 0.326 e. The van der Waals surface area contributed by atoms with E-state index in [-0.39, 0.29) is 48.2 Å². The van der Waals surface area contributed by atoms with Gasteiger partial charge in [0.2, 0.25) is 15.9 Å². The van der Waals surface area contributed by atoms with Crippen LogP contribution < -0.4 is 9.64 Å². The predicted octanol–water partition coefficient (Wildman–Crippen LogP) is 5.27. The van der Waals surface area contributed by atoms with E-state index in [1.807, 2.05) is 36.1 Å². The van der Waals surface area contributed by atoms with Gasteiger partial charge in [-0.25, -0.2) is 17.5 Å². The van der Waals surface area contributed by atoms with Gasteiger partial charge in [-0.15, -0.1) is 12.4 Å². The van der Waals surface area contributed by atoms with Gasteiger partial charge in [-0.2, -0.15) is 0 Å². The molecule has 13 nitrogen and oxygen atoms in total. The van der Waals surface area contributed by atoms with Crippen LogP contribution in [0, 0.1) is 0 Å². The molecule has 2 saturated heterocycles. The first-order valence-corrected chi connectivity index (χ1v) is 20.2. The Balaban J connectivity index is 0.00000580. The SMILES string of the molecule is CCOc1cc(N(C)C)c(S(=O)(=O)N(C)C)cc1C1=N[C@@H](c2ccc(Cl)cc2)[C@@H](c2ccc(Cl)cc2)N1C(=O)N1CCN(CC(=O)N2CCOCC2)CC1.Cl. The molecule has 0 saturated carbocycles. The van der Waals surface area contributed by atoms with Crippen molar-refractivity contribution in [3.05, 3.63) is 87.4 Å². The first-order valence-electron chi connectivity index (χ1n) is 18.0. The van der Waals surface area contributed by atoms with E-state index >= 15 is 4.79 Å². The molecule has 3 aromatic carbocycles. The summed E-state index contributed by atoms with van der Waals surface area (Å²) in [6.07, 6.45) is 0. The molecule has 0 aromatic heterocycles. The topological polar surface area (TPSA) is 119 Å². The van der Waals surface area contributed by atoms with Crippen molar-refractivity contribution in [3.63, 3.8) is 0 Å². The summed E-state index contributed by atoms with van der Waals surface area (Å²) in [6.45, 7) is 6.36. The average molecular weight is 837 g/mol. The number of amidine groups is 1. The molecule has 3 amide bonds. The van der Waals surface area contributed by atoms with Gasteiger partial charge in [-0.05, 0) is 48.4 Å². The van der Waals surface area contributed by atoms with Crippen molar-refractivity contribution >= 4 is 69.1 Å². The average Bonchev–Trinajstić information content (AvgIpc) is 3.56. The van der Waals surface area contributed by atoms with Crippen LogP contribution in [0.15, 0.2) is 70.6 Å². The van der Waals surface area contributed by atoms with Crippen LogP contribution in [0.1, 0.15) is 35.7 Å². The third-order valence-electron chi connectivity index (χ3n) is 9.90. The van der Waals surface area contributed by atoms with Crippen LogP contribution in [-0.4, -0.2) is 144 Å². The minimum atomic E-state index is -3.97. The van der Waals surface area contributed by atoms with Crippen LogP contribution in [-0.2, 0) is 19.6 Å². The van der Waals surface area contributed by atoms with E-state index in [0.717, 1.165) is 15.4 Å². The zero-order chi connectivity index (χ0) is 38.7. The molecule has 0 spiro atoms. The number of benzene rings is 3. The number of urea groups is 1. The molecular formula is C38H48Cl3N7O6S. The van der Waals surface area contributed by atoms with Crippen LogP contribution >= 0.6 is 35.6 Å². The number of nitrogens with zero attached hydrogens (tertiary/aromatic N) is 7. The Morgan fingerprint density at radius 2 is 1.44 bits per heavy atom. The second-order valence-corrected chi connectivity index (χ2v) is 16.8. The number of amides is 3. The maximum absolute atomic E-state index is 15.1. The Hall–Kier alpha value is -3.63. The van der Waals surface area contributed by atoms with Crippen LogP contribution in [0.2, 0.25) is 10.0 Å². The van der Waals surface area contributed by atoms with Crippen molar-refractivity contribution in [3.8, 4) is 5.75 Å². The molecule has 2 fully saturated rings. The first kappa shape index (κ1) is 42.5. The van der Waals surface area contributed by atoms with E-state index in [9.17, 15) is 13.2 Å². The van der Waals surface area contributed by atoms with Crippen LogP contribution in [0.5, 0.6) is 5.75 Å². The maximum atomic E-state index is 15.1. The van der Waals surface area contributed by atoms with Crippen LogP contribution in [0.25, 0.3) is 0 Å². The van der Waals surface area contributed by atoms with Gasteiger partial charge >= 0.3 is 6.03 Å². The quantitative estimate of drug-likeness (QED) is 0.271. The van der Waals surface area contributed by atoms with Gasteiger partial charge in [-0.3, -0.25) is 19.6 Å². The van der Waals surface area contributed by atoms with Gasteiger partial charge < -0.3 is 24.2 Å². The zero-order valence-electron chi connectivity index (χ0n) is 31.7. The van der Waals surface area contributed by atoms with Crippen molar-refractivity contribution in [1.82, 2.24) is 23.9 Å². The molecule has 2 atom stereocenters. The number of carbonyl (C=O) groups excluding carboxylic acids is 2. The third-order valence-corrected chi connectivity index (χ3v) is 12.3. The standard InChI is InChI=1S/C38H47Cl2N7O6S.ClH/c1-6-53-32-24-31(42(2)3)33(54(50,51)43(4)5)23-30(32)37-41-35(26-7-11-28(39)12-8-26)36(27-9-13-29(40)14-10-27)47(37)38(49)46-17-15-44(16-18-46)25-34(48)45-19-21-52-22-20-45;/h7-14,23-24,35-36H,6,15-22,25H2,1-5H3;1H/t35-,36+;/m0./s1. The molecule has 17 heteroatoms. The summed E-state index contributed by atoms with van der Waals surface area (Å²) in [6, 6.07) is 16.3. The summed E-state index contributed by atoms with van der Waals surface area (Å²) >= 11 is 12.7. The highest BCUT2D eigenvalue weighted by molar-refractivity contribution is 7.89. The predicted molar refractivity (Wildman–Crippen MR) is 218 cm³/mol. The minimum absolute atomic E-state index is 0. The number of hydrogen-bond donors (Lipinski definition) is 0. The molecular weight excluding hydrogens is 789 g/mol. The van der Waals surface area contributed by atoms with Gasteiger partial charge in [0.25, 0.3) is 0 Å². The fraction of sp³-hybridized carbons (Fsp3) is 0.447. The van der Waals surface area contributed by atoms with Crippen molar-refractivity contribution < 1.29 is 27.5 Å². The summed E-state index contributed by atoms with van der Waals surface area (Å²) in [5.74, 6) is 0.705. The van der Waals surface area contributed by atoms with E-state index in [2.05, 4.69) is 4.90 Å². The monoisotopic (exact) mass is 835 g/mol. The summed E-state index contributed by atoms with van der Waals surface area (Å²) in [4.78, 5) is 42.5. The molecule has 298 valence electrons. The Morgan fingerprint density at radius 3 is 1.98 bits per heavy atom. The fourth-order valence-corrected chi connectivity index (χ4v) is 8.38. The number of anilines is 1. The molecule has 0 bridgehead atoms. The molecule has 0 N–H and O–H groups in total. The molecule has 3 aliphatic heterocycles. The molecule has 3 aliphatic rings. The number of hydrogen-bond acceptors (Lipinski definition) is 9. The lowest BCUT2D eigenvalue weighted by Crippen LogP contribution is -2.56. The van der Waals surface area contributed by atoms with Gasteiger partial charge in [-0.1, -0.05) is 47.5 Å². The van der Waals surface area contributed by atoms with E-state index in [1.54, 1.807) is 65.2 Å². The number of morpholine rings is 1. The third kappa shape index (κ3) is 9.17. The number of aliphatic imine (C=N–C) groups is 1. The van der Waals surface area contributed by atoms with Crippen LogP contribution in [0.4, 0.5) is 10.5 Å². The summed E-state index contributed by atoms with van der Waals surface area (Å²) in [5.41, 5.74) is 2.38. The maximum Gasteiger partial charge on any atom is 0.326 e. The van der Waals surface area contributed by atoms with Crippen molar-refractivity contribution in [2.45, 2.75) is 23.9 Å². The summed E-state index contributed by atoms with van der Waals surface area (Å²) < 4.78 is 40.5. The lowest BCUT2D eigenvalue weighted by atomic mass is 9.93. The van der Waals surface area contributed by atoms with Gasteiger partial charge in [0.05, 0.1) is 43.7 Å². The Bertz CT molecular complexity index is 1970. The number of sulfonamides is 1. The molecule has 0 radical (unpaired) electrons. The van der Waals surface area contributed by atoms with E-state index in [1.165, 1.54) is 14.1 Å². The molecule has 0 aliphatic carbocycles. The summed E-state index contributed by atoms with van der Waals surface area (Å²) in [7, 11) is 2.53. The number of carbonyl (C=O) groups is 2. The zero-order valence-corrected chi connectivity index (χ0v) is 34.8. The van der Waals surface area contributed by atoms with Gasteiger partial charge in [0, 0.05) is 83.6 Å². The molecule has 0 unspecified atom stereocenters. The Morgan fingerprint density at radius 1 is 0.855 bits per heavy atom. The highest BCUT2D eigenvalue weighted by atomic mass is 35.5. The molecule has 6 rings (SSSR count). The van der Waals surface area contributed by atoms with Crippen molar-refractivity contribution in [2.24, 2.45) is 4.99 Å². The Labute approximate surface area is 339 Å². The largest absolute Gasteiger partial charge is 0.493 e. The normalized spacial score (nSPS) is 19.3. The number of piperazine rings is 1. The minimum Gasteiger partial charge on any atom is -0.493 e. The molecule has 3 aromatic rings. The summed E-state index contributed by atoms with van der Waals surface area (Å²) in [5, 5.41) is 1.09. The molecule has 55 heavy (non-hydrogen) atoms. The van der Waals surface area contributed by atoms with Gasteiger partial charge in [0.15, 0.2) is 0 Å². The number of rotatable bonds is 10.